The fraction of sp³-hybridized carbons (Fsp3) is 0.100. The highest BCUT2D eigenvalue weighted by atomic mass is 79.9. The van der Waals surface area contributed by atoms with Gasteiger partial charge in [-0.2, -0.15) is 0 Å². The van der Waals surface area contributed by atoms with Crippen LogP contribution in [0, 0.1) is 0 Å². The fourth-order valence-electron chi connectivity index (χ4n) is 3.11. The Kier molecular flexibility index (Phi) is 4.05. The lowest BCUT2D eigenvalue weighted by atomic mass is 10.1. The van der Waals surface area contributed by atoms with E-state index in [4.69, 9.17) is 19.2 Å². The molecule has 0 saturated heterocycles. The summed E-state index contributed by atoms with van der Waals surface area (Å²) in [4.78, 5) is 9.05. The van der Waals surface area contributed by atoms with Crippen molar-refractivity contribution in [2.24, 2.45) is 0 Å². The van der Waals surface area contributed by atoms with E-state index in [0.717, 1.165) is 39.9 Å². The second-order valence-corrected chi connectivity index (χ2v) is 6.98. The van der Waals surface area contributed by atoms with Crippen LogP contribution in [0.4, 0.5) is 11.5 Å². The first-order valence-corrected chi connectivity index (χ1v) is 9.35. The molecule has 1 aliphatic rings. The zero-order valence-electron chi connectivity index (χ0n) is 14.8. The molecule has 140 valence electrons. The van der Waals surface area contributed by atoms with Gasteiger partial charge in [0.15, 0.2) is 17.1 Å². The number of nitrogens with one attached hydrogen (secondary N) is 1. The minimum atomic E-state index is 0.240. The Hall–Kier alpha value is -3.26. The molecule has 2 aromatic carbocycles. The topological polar surface area (TPSA) is 69.9 Å². The zero-order valence-corrected chi connectivity index (χ0v) is 16.4. The molecule has 1 aliphatic heterocycles. The Morgan fingerprint density at radius 2 is 1.93 bits per heavy atom. The third-order valence-corrected chi connectivity index (χ3v) is 4.89. The molecule has 7 nitrogen and oxygen atoms in total. The molecule has 4 aromatic rings. The monoisotopic (exact) mass is 438 g/mol. The summed E-state index contributed by atoms with van der Waals surface area (Å²) >= 11 is 3.44. The van der Waals surface area contributed by atoms with E-state index in [2.05, 4.69) is 26.2 Å². The van der Waals surface area contributed by atoms with Gasteiger partial charge in [-0.1, -0.05) is 0 Å². The Morgan fingerprint density at radius 3 is 2.75 bits per heavy atom. The first-order valence-electron chi connectivity index (χ1n) is 8.56. The molecule has 5 rings (SSSR count). The first kappa shape index (κ1) is 16.9. The maximum Gasteiger partial charge on any atom is 0.231 e. The molecule has 8 heteroatoms. The quantitative estimate of drug-likeness (QED) is 0.500. The molecule has 2 aromatic heterocycles. The predicted molar refractivity (Wildman–Crippen MR) is 109 cm³/mol. The van der Waals surface area contributed by atoms with Crippen molar-refractivity contribution < 1.29 is 14.2 Å². The first-order chi connectivity index (χ1) is 13.7. The molecule has 0 atom stereocenters. The van der Waals surface area contributed by atoms with Crippen LogP contribution in [0.5, 0.6) is 17.2 Å². The van der Waals surface area contributed by atoms with Crippen molar-refractivity contribution in [2.75, 3.05) is 19.2 Å². The molecular weight excluding hydrogens is 424 g/mol. The second-order valence-electron chi connectivity index (χ2n) is 6.17. The summed E-state index contributed by atoms with van der Waals surface area (Å²) in [5.74, 6) is 3.07. The van der Waals surface area contributed by atoms with Crippen LogP contribution in [0.2, 0.25) is 0 Å². The van der Waals surface area contributed by atoms with Gasteiger partial charge in [0.25, 0.3) is 0 Å². The van der Waals surface area contributed by atoms with Gasteiger partial charge in [0.1, 0.15) is 21.9 Å². The van der Waals surface area contributed by atoms with E-state index in [1.807, 2.05) is 53.1 Å². The standard InChI is InChI=1S/C20H15BrN4O3/c1-26-14-5-2-12(3-6-14)19-20(25-10-17(21)22-9-18(25)24-19)23-13-4-7-15-16(8-13)28-11-27-15/h2-10,23H,11H2,1H3. The van der Waals surface area contributed by atoms with E-state index in [9.17, 15) is 0 Å². The zero-order chi connectivity index (χ0) is 19.1. The number of benzene rings is 2. The summed E-state index contributed by atoms with van der Waals surface area (Å²) in [5, 5.41) is 3.46. The number of hydrogen-bond acceptors (Lipinski definition) is 6. The smallest absolute Gasteiger partial charge is 0.231 e. The van der Waals surface area contributed by atoms with Gasteiger partial charge in [-0.3, -0.25) is 4.40 Å². The summed E-state index contributed by atoms with van der Waals surface area (Å²) in [6.45, 7) is 0.240. The van der Waals surface area contributed by atoms with Crippen molar-refractivity contribution >= 4 is 33.1 Å². The second kappa shape index (κ2) is 6.72. The number of ether oxygens (including phenoxy) is 3. The molecule has 0 fully saturated rings. The number of anilines is 2. The van der Waals surface area contributed by atoms with Gasteiger partial charge in [-0.25, -0.2) is 9.97 Å². The van der Waals surface area contributed by atoms with Crippen LogP contribution in [0.3, 0.4) is 0 Å². The molecule has 0 bridgehead atoms. The number of fused-ring (bicyclic) bond motifs is 2. The van der Waals surface area contributed by atoms with Crippen LogP contribution in [0.1, 0.15) is 0 Å². The van der Waals surface area contributed by atoms with Crippen LogP contribution in [-0.4, -0.2) is 28.3 Å². The molecule has 0 aliphatic carbocycles. The Bertz CT molecular complexity index is 1170. The fourth-order valence-corrected chi connectivity index (χ4v) is 3.42. The SMILES string of the molecule is COc1ccc(-c2nc3cnc(Br)cn3c2Nc2ccc3c(c2)OCO3)cc1. The van der Waals surface area contributed by atoms with Crippen molar-refractivity contribution in [1.82, 2.24) is 14.4 Å². The Labute approximate surface area is 169 Å². The highest BCUT2D eigenvalue weighted by Crippen LogP contribution is 2.37. The molecule has 3 heterocycles. The summed E-state index contributed by atoms with van der Waals surface area (Å²) in [5.41, 5.74) is 3.37. The van der Waals surface area contributed by atoms with Crippen LogP contribution in [0.25, 0.3) is 16.9 Å². The minimum Gasteiger partial charge on any atom is -0.497 e. The number of rotatable bonds is 4. The summed E-state index contributed by atoms with van der Waals surface area (Å²) < 4.78 is 18.8. The van der Waals surface area contributed by atoms with Crippen molar-refractivity contribution in [3.05, 3.63) is 59.5 Å². The van der Waals surface area contributed by atoms with Crippen LogP contribution in [0.15, 0.2) is 59.5 Å². The number of hydrogen-bond donors (Lipinski definition) is 1. The number of halogens is 1. The van der Waals surface area contributed by atoms with Crippen molar-refractivity contribution in [3.8, 4) is 28.5 Å². The average molecular weight is 439 g/mol. The molecular formula is C20H15BrN4O3. The van der Waals surface area contributed by atoms with Gasteiger partial charge < -0.3 is 19.5 Å². The average Bonchev–Trinajstić information content (AvgIpc) is 3.32. The minimum absolute atomic E-state index is 0.240. The van der Waals surface area contributed by atoms with Crippen LogP contribution >= 0.6 is 15.9 Å². The lowest BCUT2D eigenvalue weighted by molar-refractivity contribution is 0.174. The summed E-state index contributed by atoms with van der Waals surface area (Å²) in [6.07, 6.45) is 3.60. The van der Waals surface area contributed by atoms with Gasteiger partial charge in [-0.05, 0) is 52.3 Å². The molecule has 1 N–H and O–H groups in total. The molecule has 0 radical (unpaired) electrons. The van der Waals surface area contributed by atoms with E-state index >= 15 is 0 Å². The molecule has 0 amide bonds. The number of imidazole rings is 1. The van der Waals surface area contributed by atoms with Gasteiger partial charge >= 0.3 is 0 Å². The molecule has 0 spiro atoms. The lowest BCUT2D eigenvalue weighted by Crippen LogP contribution is -1.98. The molecule has 0 saturated carbocycles. The third-order valence-electron chi connectivity index (χ3n) is 4.48. The van der Waals surface area contributed by atoms with Crippen molar-refractivity contribution in [3.63, 3.8) is 0 Å². The van der Waals surface area contributed by atoms with E-state index < -0.39 is 0 Å². The number of aromatic nitrogens is 3. The van der Waals surface area contributed by atoms with Crippen molar-refractivity contribution in [2.45, 2.75) is 0 Å². The molecule has 28 heavy (non-hydrogen) atoms. The van der Waals surface area contributed by atoms with Crippen LogP contribution in [-0.2, 0) is 0 Å². The molecule has 0 unspecified atom stereocenters. The summed E-state index contributed by atoms with van der Waals surface area (Å²) in [6, 6.07) is 13.5. The highest BCUT2D eigenvalue weighted by molar-refractivity contribution is 9.10. The lowest BCUT2D eigenvalue weighted by Gasteiger charge is -2.10. The number of methoxy groups -OCH3 is 1. The summed E-state index contributed by atoms with van der Waals surface area (Å²) in [7, 11) is 1.65. The van der Waals surface area contributed by atoms with Crippen LogP contribution < -0.4 is 19.5 Å². The Morgan fingerprint density at radius 1 is 1.11 bits per heavy atom. The maximum atomic E-state index is 5.49. The van der Waals surface area contributed by atoms with Gasteiger partial charge in [-0.15, -0.1) is 0 Å². The van der Waals surface area contributed by atoms with Gasteiger partial charge in [0.2, 0.25) is 6.79 Å². The Balaban J connectivity index is 1.63. The highest BCUT2D eigenvalue weighted by Gasteiger charge is 2.18. The normalized spacial score (nSPS) is 12.4. The third kappa shape index (κ3) is 2.91. The van der Waals surface area contributed by atoms with E-state index in [1.54, 1.807) is 13.3 Å². The van der Waals surface area contributed by atoms with E-state index in [0.29, 0.717) is 10.4 Å². The number of nitrogens with zero attached hydrogens (tertiary/aromatic N) is 3. The largest absolute Gasteiger partial charge is 0.497 e. The maximum absolute atomic E-state index is 5.49. The predicted octanol–water partition coefficient (Wildman–Crippen LogP) is 4.64. The van der Waals surface area contributed by atoms with E-state index in [1.165, 1.54) is 0 Å². The van der Waals surface area contributed by atoms with Crippen molar-refractivity contribution in [1.29, 1.82) is 0 Å². The van der Waals surface area contributed by atoms with Gasteiger partial charge in [0, 0.05) is 23.5 Å². The van der Waals surface area contributed by atoms with E-state index in [-0.39, 0.29) is 6.79 Å². The van der Waals surface area contributed by atoms with Gasteiger partial charge in [0.05, 0.1) is 13.3 Å².